The fraction of sp³-hybridized carbons (Fsp3) is 0.962. The SMILES string of the molecule is CC(=O)NC1C(O)OC(CO)C(OC2OC(CO)C(O)C(OC3OC(CO)C(O)C(OC4OC(CO)C(O)C(O)C4O)C3O)C2O)C1O. The van der Waals surface area contributed by atoms with Crippen molar-refractivity contribution in [2.75, 3.05) is 26.4 Å². The monoisotopic (exact) mass is 707 g/mol. The Morgan fingerprint density at radius 2 is 0.896 bits per heavy atom. The van der Waals surface area contributed by atoms with Gasteiger partial charge in [0.25, 0.3) is 0 Å². The predicted octanol–water partition coefficient (Wildman–Crippen LogP) is -9.61. The maximum atomic E-state index is 11.6. The molecule has 48 heavy (non-hydrogen) atoms. The van der Waals surface area contributed by atoms with E-state index in [1.165, 1.54) is 0 Å². The molecule has 0 aromatic rings. The van der Waals surface area contributed by atoms with Gasteiger partial charge in [-0.1, -0.05) is 0 Å². The van der Waals surface area contributed by atoms with Crippen LogP contribution in [-0.4, -0.2) is 221 Å². The van der Waals surface area contributed by atoms with Crippen molar-refractivity contribution in [2.24, 2.45) is 0 Å². The first kappa shape index (κ1) is 39.5. The van der Waals surface area contributed by atoms with Crippen LogP contribution in [0.5, 0.6) is 0 Å². The van der Waals surface area contributed by atoms with Gasteiger partial charge in [-0.3, -0.25) is 4.79 Å². The van der Waals surface area contributed by atoms with E-state index in [4.69, 9.17) is 33.2 Å². The van der Waals surface area contributed by atoms with E-state index >= 15 is 0 Å². The number of aliphatic hydroxyl groups excluding tert-OH is 13. The number of carbonyl (C=O) groups excluding carboxylic acids is 1. The van der Waals surface area contributed by atoms with E-state index in [9.17, 15) is 71.2 Å². The average molecular weight is 708 g/mol. The first-order valence-electron chi connectivity index (χ1n) is 15.1. The van der Waals surface area contributed by atoms with Crippen LogP contribution in [0.25, 0.3) is 0 Å². The summed E-state index contributed by atoms with van der Waals surface area (Å²) >= 11 is 0. The Bertz CT molecular complexity index is 1030. The molecule has 0 spiro atoms. The Hall–Kier alpha value is -1.33. The lowest BCUT2D eigenvalue weighted by Crippen LogP contribution is -2.68. The number of rotatable bonds is 11. The third-order valence-corrected chi connectivity index (χ3v) is 8.61. The molecule has 4 aliphatic heterocycles. The highest BCUT2D eigenvalue weighted by atomic mass is 16.8. The van der Waals surface area contributed by atoms with E-state index in [0.29, 0.717) is 0 Å². The van der Waals surface area contributed by atoms with Gasteiger partial charge < -0.3 is 105 Å². The molecule has 0 bridgehead atoms. The summed E-state index contributed by atoms with van der Waals surface area (Å²) in [6, 6.07) is -1.46. The molecule has 0 aromatic carbocycles. The van der Waals surface area contributed by atoms with E-state index < -0.39 is 155 Å². The van der Waals surface area contributed by atoms with Crippen molar-refractivity contribution in [1.82, 2.24) is 5.32 Å². The summed E-state index contributed by atoms with van der Waals surface area (Å²) in [5.74, 6) is -0.667. The van der Waals surface area contributed by atoms with Crippen LogP contribution in [0.2, 0.25) is 0 Å². The number of amides is 1. The highest BCUT2D eigenvalue weighted by Crippen LogP contribution is 2.34. The third kappa shape index (κ3) is 8.08. The van der Waals surface area contributed by atoms with Crippen molar-refractivity contribution in [3.8, 4) is 0 Å². The molecule has 4 aliphatic rings. The molecule has 22 nitrogen and oxygen atoms in total. The number of nitrogens with one attached hydrogen (secondary N) is 1. The van der Waals surface area contributed by atoms with E-state index in [2.05, 4.69) is 5.32 Å². The van der Waals surface area contributed by atoms with Crippen molar-refractivity contribution in [3.05, 3.63) is 0 Å². The van der Waals surface area contributed by atoms with Crippen LogP contribution in [0.4, 0.5) is 0 Å². The van der Waals surface area contributed by atoms with Crippen molar-refractivity contribution < 1.29 is 104 Å². The molecular formula is C26H45NO21. The van der Waals surface area contributed by atoms with E-state index in [1.807, 2.05) is 0 Å². The lowest BCUT2D eigenvalue weighted by Gasteiger charge is -2.49. The Morgan fingerprint density at radius 3 is 1.31 bits per heavy atom. The zero-order chi connectivity index (χ0) is 35.6. The Labute approximate surface area is 272 Å². The van der Waals surface area contributed by atoms with Gasteiger partial charge in [0.05, 0.1) is 26.4 Å². The summed E-state index contributed by atoms with van der Waals surface area (Å²) < 4.78 is 38.3. The number of ether oxygens (including phenoxy) is 7. The fourth-order valence-corrected chi connectivity index (χ4v) is 5.94. The molecule has 14 N–H and O–H groups in total. The lowest BCUT2D eigenvalue weighted by molar-refractivity contribution is -0.387. The fourth-order valence-electron chi connectivity index (χ4n) is 5.94. The molecule has 4 fully saturated rings. The van der Waals surface area contributed by atoms with Gasteiger partial charge in [0, 0.05) is 6.92 Å². The van der Waals surface area contributed by atoms with E-state index in [-0.39, 0.29) is 0 Å². The first-order chi connectivity index (χ1) is 22.7. The first-order valence-corrected chi connectivity index (χ1v) is 15.1. The molecule has 0 saturated carbocycles. The lowest BCUT2D eigenvalue weighted by atomic mass is 9.95. The maximum Gasteiger partial charge on any atom is 0.217 e. The number of hydrogen-bond acceptors (Lipinski definition) is 21. The summed E-state index contributed by atoms with van der Waals surface area (Å²) in [5, 5.41) is 137. The molecule has 1 amide bonds. The quantitative estimate of drug-likeness (QED) is 0.0947. The van der Waals surface area contributed by atoms with Crippen LogP contribution in [0, 0.1) is 0 Å². The van der Waals surface area contributed by atoms with Crippen molar-refractivity contribution in [1.29, 1.82) is 0 Å². The summed E-state index contributed by atoms with van der Waals surface area (Å²) in [6.07, 6.45) is -33.9. The molecule has 0 radical (unpaired) electrons. The topological polar surface area (TPSA) is 357 Å². The second kappa shape index (κ2) is 16.8. The van der Waals surface area contributed by atoms with Crippen molar-refractivity contribution in [3.63, 3.8) is 0 Å². The highest BCUT2D eigenvalue weighted by molar-refractivity contribution is 5.73. The Kier molecular flexibility index (Phi) is 13.8. The average Bonchev–Trinajstić information content (AvgIpc) is 3.06. The molecule has 20 unspecified atom stereocenters. The largest absolute Gasteiger partial charge is 0.394 e. The molecule has 4 rings (SSSR count). The molecule has 4 saturated heterocycles. The Morgan fingerprint density at radius 1 is 0.500 bits per heavy atom. The second-order valence-corrected chi connectivity index (χ2v) is 11.9. The summed E-state index contributed by atoms with van der Waals surface area (Å²) in [4.78, 5) is 11.6. The second-order valence-electron chi connectivity index (χ2n) is 11.9. The van der Waals surface area contributed by atoms with Crippen LogP contribution in [0.15, 0.2) is 0 Å². The molecule has 20 atom stereocenters. The minimum Gasteiger partial charge on any atom is -0.394 e. The van der Waals surface area contributed by atoms with Gasteiger partial charge in [-0.05, 0) is 0 Å². The standard InChI is InChI=1S/C26H45NO21/c1-6(32)27-11-15(36)20(10(5-31)42-23(11)41)46-25-18(39)22(14(35)8(3-29)44-25)48-26-19(40)21(13(34)9(4-30)45-26)47-24-17(38)16(37)12(33)7(2-28)43-24/h7-26,28-31,33-41H,2-5H2,1H3,(H,27,32). The van der Waals surface area contributed by atoms with Crippen molar-refractivity contribution >= 4 is 5.91 Å². The molecule has 4 heterocycles. The number of aliphatic hydroxyl groups is 13. The smallest absolute Gasteiger partial charge is 0.217 e. The summed E-state index contributed by atoms with van der Waals surface area (Å²) in [5.41, 5.74) is 0. The zero-order valence-electron chi connectivity index (χ0n) is 25.5. The molecule has 280 valence electrons. The molecular weight excluding hydrogens is 662 g/mol. The van der Waals surface area contributed by atoms with Gasteiger partial charge in [0.1, 0.15) is 97.6 Å². The molecule has 22 heteroatoms. The normalized spacial score (nSPS) is 50.2. The summed E-state index contributed by atoms with van der Waals surface area (Å²) in [7, 11) is 0. The van der Waals surface area contributed by atoms with Gasteiger partial charge in [-0.15, -0.1) is 0 Å². The summed E-state index contributed by atoms with van der Waals surface area (Å²) in [6.45, 7) is -2.36. The molecule has 0 aliphatic carbocycles. The van der Waals surface area contributed by atoms with E-state index in [0.717, 1.165) is 6.92 Å². The van der Waals surface area contributed by atoms with Gasteiger partial charge in [0.15, 0.2) is 25.2 Å². The predicted molar refractivity (Wildman–Crippen MR) is 145 cm³/mol. The minimum absolute atomic E-state index is 0.667. The van der Waals surface area contributed by atoms with Gasteiger partial charge >= 0.3 is 0 Å². The van der Waals surface area contributed by atoms with Gasteiger partial charge in [0.2, 0.25) is 5.91 Å². The highest BCUT2D eigenvalue weighted by Gasteiger charge is 2.55. The van der Waals surface area contributed by atoms with E-state index in [1.54, 1.807) is 0 Å². The zero-order valence-corrected chi connectivity index (χ0v) is 25.5. The van der Waals surface area contributed by atoms with Gasteiger partial charge in [-0.25, -0.2) is 0 Å². The van der Waals surface area contributed by atoms with Crippen LogP contribution in [0.3, 0.4) is 0 Å². The van der Waals surface area contributed by atoms with Gasteiger partial charge in [-0.2, -0.15) is 0 Å². The number of hydrogen-bond donors (Lipinski definition) is 14. The minimum atomic E-state index is -2.06. The maximum absolute atomic E-state index is 11.6. The van der Waals surface area contributed by atoms with Crippen LogP contribution in [0.1, 0.15) is 6.92 Å². The Balaban J connectivity index is 1.54. The van der Waals surface area contributed by atoms with Crippen molar-refractivity contribution in [2.45, 2.75) is 130 Å². The third-order valence-electron chi connectivity index (χ3n) is 8.61. The molecule has 0 aromatic heterocycles. The van der Waals surface area contributed by atoms with Crippen LogP contribution in [-0.2, 0) is 38.0 Å². The number of carbonyl (C=O) groups is 1. The van der Waals surface area contributed by atoms with Crippen LogP contribution >= 0.6 is 0 Å². The van der Waals surface area contributed by atoms with Crippen LogP contribution < -0.4 is 5.32 Å².